The van der Waals surface area contributed by atoms with E-state index >= 15 is 0 Å². The molecule has 134 valence electrons. The van der Waals surface area contributed by atoms with Crippen LogP contribution in [0.2, 0.25) is 0 Å². The van der Waals surface area contributed by atoms with Gasteiger partial charge in [-0.15, -0.1) is 0 Å². The molecule has 0 aliphatic carbocycles. The molecule has 1 N–H and O–H groups in total. The molecule has 1 rings (SSSR count). The fourth-order valence-electron chi connectivity index (χ4n) is 2.32. The number of hydrogen-bond donors (Lipinski definition) is 1. The molecular weight excluding hydrogens is 318 g/mol. The number of nitrogens with zero attached hydrogens (tertiary/aromatic N) is 2. The average molecular weight is 350 g/mol. The largest absolute Gasteiger partial charge is 0.351 e. The Morgan fingerprint density at radius 3 is 2.08 bits per heavy atom. The standard InChI is InChI=1S/C19H31N3OS/c1-7-22(8-2)14-13-21(6)18(24)20-17(23)15-9-11-16(12-10-15)19(3,4)5/h9-12H,7-8,13-14H2,1-6H3,(H,20,23,24). The van der Waals surface area contributed by atoms with Gasteiger partial charge in [0.2, 0.25) is 0 Å². The van der Waals surface area contributed by atoms with Crippen molar-refractivity contribution in [2.45, 2.75) is 40.0 Å². The van der Waals surface area contributed by atoms with Crippen molar-refractivity contribution in [3.8, 4) is 0 Å². The van der Waals surface area contributed by atoms with Crippen molar-refractivity contribution >= 4 is 23.2 Å². The summed E-state index contributed by atoms with van der Waals surface area (Å²) in [5.41, 5.74) is 1.91. The molecule has 0 aliphatic heterocycles. The van der Waals surface area contributed by atoms with Gasteiger partial charge < -0.3 is 9.80 Å². The average Bonchev–Trinajstić information content (AvgIpc) is 2.54. The maximum absolute atomic E-state index is 12.3. The number of thiocarbonyl (C=S) groups is 1. The number of nitrogens with one attached hydrogen (secondary N) is 1. The molecule has 0 saturated heterocycles. The third kappa shape index (κ3) is 6.21. The van der Waals surface area contributed by atoms with Gasteiger partial charge >= 0.3 is 0 Å². The number of benzene rings is 1. The first-order chi connectivity index (χ1) is 11.2. The van der Waals surface area contributed by atoms with Crippen LogP contribution in [0.1, 0.15) is 50.5 Å². The van der Waals surface area contributed by atoms with Crippen molar-refractivity contribution in [3.63, 3.8) is 0 Å². The molecule has 1 aromatic carbocycles. The molecule has 0 bridgehead atoms. The van der Waals surface area contributed by atoms with Gasteiger partial charge in [-0.2, -0.15) is 0 Å². The normalized spacial score (nSPS) is 11.5. The van der Waals surface area contributed by atoms with Gasteiger partial charge in [-0.1, -0.05) is 46.8 Å². The molecule has 0 unspecified atom stereocenters. The smallest absolute Gasteiger partial charge is 0.257 e. The predicted octanol–water partition coefficient (Wildman–Crippen LogP) is 3.27. The Bertz CT molecular complexity index is 545. The highest BCUT2D eigenvalue weighted by molar-refractivity contribution is 7.80. The summed E-state index contributed by atoms with van der Waals surface area (Å²) in [5, 5.41) is 3.28. The summed E-state index contributed by atoms with van der Waals surface area (Å²) in [6.45, 7) is 14.5. The fraction of sp³-hybridized carbons (Fsp3) is 0.579. The fourth-order valence-corrected chi connectivity index (χ4v) is 2.50. The Labute approximate surface area is 152 Å². The highest BCUT2D eigenvalue weighted by atomic mass is 32.1. The minimum absolute atomic E-state index is 0.0783. The Morgan fingerprint density at radius 1 is 1.08 bits per heavy atom. The molecule has 0 radical (unpaired) electrons. The van der Waals surface area contributed by atoms with E-state index in [4.69, 9.17) is 12.2 Å². The van der Waals surface area contributed by atoms with Crippen molar-refractivity contribution in [2.24, 2.45) is 0 Å². The van der Waals surface area contributed by atoms with Gasteiger partial charge in [0.1, 0.15) is 0 Å². The van der Waals surface area contributed by atoms with E-state index in [1.165, 1.54) is 5.56 Å². The van der Waals surface area contributed by atoms with Crippen LogP contribution in [0, 0.1) is 0 Å². The Hall–Kier alpha value is -1.46. The van der Waals surface area contributed by atoms with Gasteiger partial charge in [0, 0.05) is 25.7 Å². The molecule has 1 amide bonds. The molecule has 5 heteroatoms. The van der Waals surface area contributed by atoms with E-state index in [1.54, 1.807) is 0 Å². The van der Waals surface area contributed by atoms with Crippen LogP contribution in [0.4, 0.5) is 0 Å². The SMILES string of the molecule is CCN(CC)CCN(C)C(=S)NC(=O)c1ccc(C(C)(C)C)cc1. The molecular formula is C19H31N3OS. The predicted molar refractivity (Wildman–Crippen MR) is 106 cm³/mol. The summed E-state index contributed by atoms with van der Waals surface area (Å²) in [7, 11) is 1.91. The highest BCUT2D eigenvalue weighted by Crippen LogP contribution is 2.22. The first-order valence-electron chi connectivity index (χ1n) is 8.58. The number of amides is 1. The van der Waals surface area contributed by atoms with Crippen LogP contribution in [0.3, 0.4) is 0 Å². The lowest BCUT2D eigenvalue weighted by molar-refractivity contribution is 0.0973. The lowest BCUT2D eigenvalue weighted by Crippen LogP contribution is -2.43. The van der Waals surface area contributed by atoms with Crippen LogP contribution in [-0.4, -0.2) is 54.0 Å². The molecule has 0 heterocycles. The topological polar surface area (TPSA) is 35.6 Å². The Kier molecular flexibility index (Phi) is 7.84. The molecule has 0 atom stereocenters. The molecule has 24 heavy (non-hydrogen) atoms. The van der Waals surface area contributed by atoms with E-state index in [0.29, 0.717) is 10.7 Å². The third-order valence-corrected chi connectivity index (χ3v) is 4.64. The zero-order valence-corrected chi connectivity index (χ0v) is 16.7. The molecule has 0 aromatic heterocycles. The van der Waals surface area contributed by atoms with Gasteiger partial charge in [0.15, 0.2) is 5.11 Å². The summed E-state index contributed by atoms with van der Waals surface area (Å²) in [4.78, 5) is 16.6. The number of carbonyl (C=O) groups is 1. The second-order valence-corrected chi connectivity index (χ2v) is 7.42. The van der Waals surface area contributed by atoms with E-state index in [-0.39, 0.29) is 11.3 Å². The maximum Gasteiger partial charge on any atom is 0.257 e. The lowest BCUT2D eigenvalue weighted by Gasteiger charge is -2.25. The van der Waals surface area contributed by atoms with Crippen LogP contribution in [0.15, 0.2) is 24.3 Å². The minimum atomic E-state index is -0.157. The zero-order valence-electron chi connectivity index (χ0n) is 15.8. The van der Waals surface area contributed by atoms with Crippen molar-refractivity contribution in [2.75, 3.05) is 33.2 Å². The van der Waals surface area contributed by atoms with Crippen molar-refractivity contribution < 1.29 is 4.79 Å². The minimum Gasteiger partial charge on any atom is -0.351 e. The lowest BCUT2D eigenvalue weighted by atomic mass is 9.87. The number of likely N-dealkylation sites (N-methyl/N-ethyl adjacent to an activating group) is 2. The van der Waals surface area contributed by atoms with Gasteiger partial charge in [0.05, 0.1) is 0 Å². The van der Waals surface area contributed by atoms with E-state index < -0.39 is 0 Å². The van der Waals surface area contributed by atoms with Gasteiger partial charge in [-0.25, -0.2) is 0 Å². The monoisotopic (exact) mass is 349 g/mol. The van der Waals surface area contributed by atoms with E-state index in [9.17, 15) is 4.79 Å². The van der Waals surface area contributed by atoms with E-state index in [2.05, 4.69) is 44.8 Å². The number of rotatable bonds is 6. The van der Waals surface area contributed by atoms with Crippen LogP contribution in [-0.2, 0) is 5.41 Å². The van der Waals surface area contributed by atoms with Crippen LogP contribution in [0.5, 0.6) is 0 Å². The molecule has 0 saturated carbocycles. The number of hydrogen-bond acceptors (Lipinski definition) is 3. The quantitative estimate of drug-likeness (QED) is 0.800. The van der Waals surface area contributed by atoms with Crippen molar-refractivity contribution in [1.82, 2.24) is 15.1 Å². The summed E-state index contributed by atoms with van der Waals surface area (Å²) in [6.07, 6.45) is 0. The molecule has 0 aliphatic rings. The summed E-state index contributed by atoms with van der Waals surface area (Å²) in [5.74, 6) is -0.157. The van der Waals surface area contributed by atoms with Crippen LogP contribution in [0.25, 0.3) is 0 Å². The molecule has 0 fully saturated rings. The van der Waals surface area contributed by atoms with Crippen LogP contribution >= 0.6 is 12.2 Å². The van der Waals surface area contributed by atoms with Crippen molar-refractivity contribution in [1.29, 1.82) is 0 Å². The second-order valence-electron chi connectivity index (χ2n) is 7.04. The van der Waals surface area contributed by atoms with Gasteiger partial charge in [-0.05, 0) is 48.4 Å². The van der Waals surface area contributed by atoms with E-state index in [1.807, 2.05) is 36.2 Å². The summed E-state index contributed by atoms with van der Waals surface area (Å²) in [6, 6.07) is 7.72. The Morgan fingerprint density at radius 2 is 1.62 bits per heavy atom. The zero-order chi connectivity index (χ0) is 18.3. The third-order valence-electron chi connectivity index (χ3n) is 4.23. The van der Waals surface area contributed by atoms with Crippen molar-refractivity contribution in [3.05, 3.63) is 35.4 Å². The molecule has 0 spiro atoms. The first kappa shape index (κ1) is 20.6. The first-order valence-corrected chi connectivity index (χ1v) is 8.99. The summed E-state index contributed by atoms with van der Waals surface area (Å²) >= 11 is 5.34. The second kappa shape index (κ2) is 9.14. The van der Waals surface area contributed by atoms with Gasteiger partial charge in [-0.3, -0.25) is 10.1 Å². The maximum atomic E-state index is 12.3. The van der Waals surface area contributed by atoms with Gasteiger partial charge in [0.25, 0.3) is 5.91 Å². The summed E-state index contributed by atoms with van der Waals surface area (Å²) < 4.78 is 0. The molecule has 1 aromatic rings. The van der Waals surface area contributed by atoms with Crippen LogP contribution < -0.4 is 5.32 Å². The Balaban J connectivity index is 2.58. The number of carbonyl (C=O) groups excluding carboxylic acids is 1. The van der Waals surface area contributed by atoms with E-state index in [0.717, 1.165) is 26.2 Å². The molecule has 4 nitrogen and oxygen atoms in total. The highest BCUT2D eigenvalue weighted by Gasteiger charge is 2.15.